The third kappa shape index (κ3) is 1.48. The second-order valence-electron chi connectivity index (χ2n) is 2.04. The lowest BCUT2D eigenvalue weighted by Crippen LogP contribution is -2.16. The Morgan fingerprint density at radius 2 is 2.00 bits per heavy atom. The average Bonchev–Trinajstić information content (AvgIpc) is 2.36. The van der Waals surface area contributed by atoms with Gasteiger partial charge in [-0.3, -0.25) is 9.36 Å². The quantitative estimate of drug-likeness (QED) is 0.637. The summed E-state index contributed by atoms with van der Waals surface area (Å²) in [6, 6.07) is 3.65. The molecule has 1 unspecified atom stereocenters. The number of hydrogen-bond acceptors (Lipinski definition) is 1. The van der Waals surface area contributed by atoms with Gasteiger partial charge in [0.2, 0.25) is 5.91 Å². The highest BCUT2D eigenvalue weighted by atomic mass is 79.9. The number of hydrogen-bond donors (Lipinski definition) is 0. The van der Waals surface area contributed by atoms with Crippen molar-refractivity contribution in [1.82, 2.24) is 4.57 Å². The van der Waals surface area contributed by atoms with Gasteiger partial charge >= 0.3 is 0 Å². The Bertz CT molecular complexity index is 216. The summed E-state index contributed by atoms with van der Waals surface area (Å²) in [5.74, 6) is 0.0602. The third-order valence-electron chi connectivity index (χ3n) is 1.20. The van der Waals surface area contributed by atoms with Crippen LogP contribution in [-0.2, 0) is 0 Å². The predicted molar refractivity (Wildman–Crippen MR) is 43.4 cm³/mol. The molecule has 1 rings (SSSR count). The van der Waals surface area contributed by atoms with E-state index in [9.17, 15) is 4.79 Å². The van der Waals surface area contributed by atoms with Crippen LogP contribution in [-0.4, -0.2) is 15.3 Å². The van der Waals surface area contributed by atoms with Crippen molar-refractivity contribution in [2.24, 2.45) is 0 Å². The average molecular weight is 202 g/mol. The summed E-state index contributed by atoms with van der Waals surface area (Å²) in [5.41, 5.74) is 0. The molecule has 0 radical (unpaired) electrons. The van der Waals surface area contributed by atoms with Gasteiger partial charge in [0.15, 0.2) is 0 Å². The molecule has 0 amide bonds. The van der Waals surface area contributed by atoms with Crippen LogP contribution in [0.2, 0.25) is 0 Å². The molecule has 54 valence electrons. The Kier molecular flexibility index (Phi) is 2.27. The molecule has 0 spiro atoms. The fourth-order valence-corrected chi connectivity index (χ4v) is 0.923. The minimum atomic E-state index is -0.111. The van der Waals surface area contributed by atoms with Crippen molar-refractivity contribution >= 4 is 21.8 Å². The first kappa shape index (κ1) is 7.54. The van der Waals surface area contributed by atoms with Crippen molar-refractivity contribution in [2.75, 3.05) is 0 Å². The van der Waals surface area contributed by atoms with E-state index in [2.05, 4.69) is 15.9 Å². The molecule has 0 saturated heterocycles. The summed E-state index contributed by atoms with van der Waals surface area (Å²) < 4.78 is 1.55. The van der Waals surface area contributed by atoms with Crippen LogP contribution in [0.15, 0.2) is 24.5 Å². The minimum Gasteiger partial charge on any atom is -0.294 e. The van der Waals surface area contributed by atoms with Crippen molar-refractivity contribution in [2.45, 2.75) is 11.8 Å². The van der Waals surface area contributed by atoms with Gasteiger partial charge in [0, 0.05) is 12.4 Å². The zero-order chi connectivity index (χ0) is 7.56. The maximum absolute atomic E-state index is 11.1. The highest BCUT2D eigenvalue weighted by Crippen LogP contribution is 2.02. The van der Waals surface area contributed by atoms with E-state index in [-0.39, 0.29) is 10.7 Å². The van der Waals surface area contributed by atoms with Crippen LogP contribution in [0.25, 0.3) is 0 Å². The standard InChI is InChI=1S/C7H8BrNO/c1-6(8)7(10)9-4-2-3-5-9/h2-6H,1H3. The normalized spacial score (nSPS) is 13.0. The van der Waals surface area contributed by atoms with Gasteiger partial charge in [-0.15, -0.1) is 0 Å². The minimum absolute atomic E-state index is 0.0602. The number of halogens is 1. The monoisotopic (exact) mass is 201 g/mol. The van der Waals surface area contributed by atoms with Crippen LogP contribution in [0, 0.1) is 0 Å². The molecule has 0 fully saturated rings. The molecule has 0 aliphatic rings. The summed E-state index contributed by atoms with van der Waals surface area (Å²) in [7, 11) is 0. The van der Waals surface area contributed by atoms with Crippen LogP contribution in [0.4, 0.5) is 0 Å². The number of rotatable bonds is 1. The molecule has 1 aromatic heterocycles. The van der Waals surface area contributed by atoms with Gasteiger partial charge in [-0.1, -0.05) is 15.9 Å². The summed E-state index contributed by atoms with van der Waals surface area (Å²) >= 11 is 3.19. The van der Waals surface area contributed by atoms with Crippen LogP contribution in [0.3, 0.4) is 0 Å². The Labute approximate surface area is 68.0 Å². The molecule has 0 bridgehead atoms. The number of carbonyl (C=O) groups is 1. The Balaban J connectivity index is 2.78. The smallest absolute Gasteiger partial charge is 0.244 e. The summed E-state index contributed by atoms with van der Waals surface area (Å²) in [5, 5.41) is 0. The molecule has 1 atom stereocenters. The van der Waals surface area contributed by atoms with E-state index < -0.39 is 0 Å². The molecule has 0 N–H and O–H groups in total. The molecule has 0 aromatic carbocycles. The van der Waals surface area contributed by atoms with Crippen molar-refractivity contribution in [3.8, 4) is 0 Å². The SMILES string of the molecule is CC(Br)C(=O)n1cccc1. The molecular weight excluding hydrogens is 194 g/mol. The fraction of sp³-hybridized carbons (Fsp3) is 0.286. The van der Waals surface area contributed by atoms with Crippen molar-refractivity contribution < 1.29 is 4.79 Å². The van der Waals surface area contributed by atoms with Crippen LogP contribution < -0.4 is 0 Å². The third-order valence-corrected chi connectivity index (χ3v) is 1.59. The molecular formula is C7H8BrNO. The van der Waals surface area contributed by atoms with E-state index in [0.29, 0.717) is 0 Å². The Morgan fingerprint density at radius 1 is 1.50 bits per heavy atom. The lowest BCUT2D eigenvalue weighted by Gasteiger charge is -2.01. The van der Waals surface area contributed by atoms with Gasteiger partial charge < -0.3 is 0 Å². The van der Waals surface area contributed by atoms with Gasteiger partial charge in [0.25, 0.3) is 0 Å². The van der Waals surface area contributed by atoms with Gasteiger partial charge in [-0.25, -0.2) is 0 Å². The van der Waals surface area contributed by atoms with E-state index in [4.69, 9.17) is 0 Å². The highest BCUT2D eigenvalue weighted by molar-refractivity contribution is 9.10. The molecule has 0 saturated carbocycles. The van der Waals surface area contributed by atoms with Crippen molar-refractivity contribution in [3.63, 3.8) is 0 Å². The largest absolute Gasteiger partial charge is 0.294 e. The van der Waals surface area contributed by atoms with Crippen molar-refractivity contribution in [3.05, 3.63) is 24.5 Å². The van der Waals surface area contributed by atoms with E-state index in [1.807, 2.05) is 19.1 Å². The van der Waals surface area contributed by atoms with Gasteiger partial charge in [-0.05, 0) is 19.1 Å². The Morgan fingerprint density at radius 3 is 2.40 bits per heavy atom. The molecule has 1 aromatic rings. The van der Waals surface area contributed by atoms with Crippen LogP contribution >= 0.6 is 15.9 Å². The second kappa shape index (κ2) is 3.01. The first-order chi connectivity index (χ1) is 4.72. The molecule has 3 heteroatoms. The topological polar surface area (TPSA) is 22.0 Å². The fourth-order valence-electron chi connectivity index (χ4n) is 0.687. The number of nitrogens with zero attached hydrogens (tertiary/aromatic N) is 1. The zero-order valence-corrected chi connectivity index (χ0v) is 7.21. The van der Waals surface area contributed by atoms with Gasteiger partial charge in [0.1, 0.15) is 0 Å². The summed E-state index contributed by atoms with van der Waals surface area (Å²) in [4.78, 5) is 11.0. The summed E-state index contributed by atoms with van der Waals surface area (Å²) in [6.45, 7) is 1.81. The highest BCUT2D eigenvalue weighted by Gasteiger charge is 2.08. The predicted octanol–water partition coefficient (Wildman–Crippen LogP) is 1.91. The second-order valence-corrected chi connectivity index (χ2v) is 3.42. The molecule has 0 aliphatic heterocycles. The first-order valence-corrected chi connectivity index (χ1v) is 3.94. The maximum Gasteiger partial charge on any atom is 0.244 e. The summed E-state index contributed by atoms with van der Waals surface area (Å²) in [6.07, 6.45) is 3.47. The molecule has 0 aliphatic carbocycles. The van der Waals surface area contributed by atoms with E-state index >= 15 is 0 Å². The van der Waals surface area contributed by atoms with E-state index in [1.165, 1.54) is 0 Å². The molecule has 1 heterocycles. The first-order valence-electron chi connectivity index (χ1n) is 3.03. The Hall–Kier alpha value is -0.570. The van der Waals surface area contributed by atoms with Gasteiger partial charge in [0.05, 0.1) is 4.83 Å². The molecule has 10 heavy (non-hydrogen) atoms. The van der Waals surface area contributed by atoms with Crippen LogP contribution in [0.1, 0.15) is 11.7 Å². The molecule has 2 nitrogen and oxygen atoms in total. The van der Waals surface area contributed by atoms with Crippen molar-refractivity contribution in [1.29, 1.82) is 0 Å². The van der Waals surface area contributed by atoms with E-state index in [1.54, 1.807) is 17.0 Å². The lowest BCUT2D eigenvalue weighted by atomic mass is 10.4. The van der Waals surface area contributed by atoms with Crippen LogP contribution in [0.5, 0.6) is 0 Å². The van der Waals surface area contributed by atoms with Gasteiger partial charge in [-0.2, -0.15) is 0 Å². The van der Waals surface area contributed by atoms with E-state index in [0.717, 1.165) is 0 Å². The number of alkyl halides is 1. The zero-order valence-electron chi connectivity index (χ0n) is 5.62. The number of aromatic nitrogens is 1. The maximum atomic E-state index is 11.1. The lowest BCUT2D eigenvalue weighted by molar-refractivity contribution is 0.0918. The number of carbonyl (C=O) groups excluding carboxylic acids is 1.